The molecule has 1 amide bonds. The van der Waals surface area contributed by atoms with Gasteiger partial charge in [0, 0.05) is 37.4 Å². The topological polar surface area (TPSA) is 58.1 Å². The molecule has 0 radical (unpaired) electrons. The van der Waals surface area contributed by atoms with Crippen molar-refractivity contribution in [3.05, 3.63) is 21.9 Å². The van der Waals surface area contributed by atoms with Gasteiger partial charge in [-0.2, -0.15) is 0 Å². The molecule has 0 unspecified atom stereocenters. The Hall–Kier alpha value is -1.52. The van der Waals surface area contributed by atoms with E-state index in [0.29, 0.717) is 24.8 Å². The third-order valence-corrected chi connectivity index (χ3v) is 3.56. The summed E-state index contributed by atoms with van der Waals surface area (Å²) in [6.45, 7) is 14.2. The standard InChI is InChI=1S/C16H29N3O2/c1-11(2)9-18(10-12(3)4)15(20)7-8-19-14(6)13(5)17-16(19)21/h11-12H,7-10H2,1-6H3,(H,17,21). The molecule has 5 nitrogen and oxygen atoms in total. The minimum absolute atomic E-state index is 0.127. The minimum atomic E-state index is -0.128. The van der Waals surface area contributed by atoms with Crippen molar-refractivity contribution < 1.29 is 4.79 Å². The number of aromatic amines is 1. The summed E-state index contributed by atoms with van der Waals surface area (Å²) in [7, 11) is 0. The number of carbonyl (C=O) groups is 1. The lowest BCUT2D eigenvalue weighted by Gasteiger charge is -2.26. The van der Waals surface area contributed by atoms with Crippen LogP contribution in [0.2, 0.25) is 0 Å². The lowest BCUT2D eigenvalue weighted by Crippen LogP contribution is -2.37. The Balaban J connectivity index is 2.71. The number of H-pyrrole nitrogens is 1. The lowest BCUT2D eigenvalue weighted by atomic mass is 10.1. The normalized spacial score (nSPS) is 11.4. The number of hydrogen-bond donors (Lipinski definition) is 1. The van der Waals surface area contributed by atoms with Crippen LogP contribution in [-0.2, 0) is 11.3 Å². The molecule has 0 aliphatic rings. The van der Waals surface area contributed by atoms with E-state index in [-0.39, 0.29) is 11.6 Å². The fraction of sp³-hybridized carbons (Fsp3) is 0.750. The predicted molar refractivity (Wildman–Crippen MR) is 85.4 cm³/mol. The summed E-state index contributed by atoms with van der Waals surface area (Å²) >= 11 is 0. The van der Waals surface area contributed by atoms with E-state index in [9.17, 15) is 9.59 Å². The highest BCUT2D eigenvalue weighted by Crippen LogP contribution is 2.08. The Morgan fingerprint density at radius 1 is 1.14 bits per heavy atom. The Bertz CT molecular complexity index is 516. The smallest absolute Gasteiger partial charge is 0.325 e. The zero-order chi connectivity index (χ0) is 16.2. The van der Waals surface area contributed by atoms with Gasteiger partial charge in [-0.25, -0.2) is 4.79 Å². The van der Waals surface area contributed by atoms with Gasteiger partial charge in [-0.05, 0) is 25.7 Å². The summed E-state index contributed by atoms with van der Waals surface area (Å²) in [5.41, 5.74) is 1.65. The van der Waals surface area contributed by atoms with Crippen molar-refractivity contribution in [3.8, 4) is 0 Å². The van der Waals surface area contributed by atoms with Gasteiger partial charge < -0.3 is 9.88 Å². The number of hydrogen-bond acceptors (Lipinski definition) is 2. The SMILES string of the molecule is Cc1[nH]c(=O)n(CCC(=O)N(CC(C)C)CC(C)C)c1C. The number of nitrogens with zero attached hydrogens (tertiary/aromatic N) is 2. The number of nitrogens with one attached hydrogen (secondary N) is 1. The summed E-state index contributed by atoms with van der Waals surface area (Å²) in [4.78, 5) is 28.9. The second-order valence-electron chi connectivity index (χ2n) is 6.63. The Morgan fingerprint density at radius 2 is 1.67 bits per heavy atom. The molecule has 0 aliphatic carbocycles. The second kappa shape index (κ2) is 7.48. The first-order valence-electron chi connectivity index (χ1n) is 7.76. The van der Waals surface area contributed by atoms with Crippen LogP contribution >= 0.6 is 0 Å². The highest BCUT2D eigenvalue weighted by molar-refractivity contribution is 5.76. The quantitative estimate of drug-likeness (QED) is 0.839. The van der Waals surface area contributed by atoms with Crippen molar-refractivity contribution in [2.75, 3.05) is 13.1 Å². The van der Waals surface area contributed by atoms with Gasteiger partial charge in [0.15, 0.2) is 0 Å². The molecule has 0 atom stereocenters. The molecule has 0 saturated carbocycles. The largest absolute Gasteiger partial charge is 0.342 e. The molecule has 120 valence electrons. The third kappa shape index (κ3) is 5.06. The second-order valence-corrected chi connectivity index (χ2v) is 6.63. The summed E-state index contributed by atoms with van der Waals surface area (Å²) in [5.74, 6) is 1.03. The molecule has 1 aromatic heterocycles. The molecule has 5 heteroatoms. The minimum Gasteiger partial charge on any atom is -0.342 e. The molecule has 0 aromatic carbocycles. The van der Waals surface area contributed by atoms with Crippen LogP contribution in [0, 0.1) is 25.7 Å². The van der Waals surface area contributed by atoms with Crippen molar-refractivity contribution in [3.63, 3.8) is 0 Å². The summed E-state index contributed by atoms with van der Waals surface area (Å²) in [6, 6.07) is 0. The highest BCUT2D eigenvalue weighted by Gasteiger charge is 2.17. The Morgan fingerprint density at radius 3 is 2.05 bits per heavy atom. The third-order valence-electron chi connectivity index (χ3n) is 3.56. The van der Waals surface area contributed by atoms with Crippen LogP contribution < -0.4 is 5.69 Å². The van der Waals surface area contributed by atoms with Gasteiger partial charge in [-0.1, -0.05) is 27.7 Å². The first-order chi connectivity index (χ1) is 9.72. The Kier molecular flexibility index (Phi) is 6.24. The van der Waals surface area contributed by atoms with Gasteiger partial charge in [0.25, 0.3) is 0 Å². The van der Waals surface area contributed by atoms with Gasteiger partial charge in [0.1, 0.15) is 0 Å². The first-order valence-corrected chi connectivity index (χ1v) is 7.76. The van der Waals surface area contributed by atoms with E-state index < -0.39 is 0 Å². The summed E-state index contributed by atoms with van der Waals surface area (Å²) < 4.78 is 1.65. The highest BCUT2D eigenvalue weighted by atomic mass is 16.2. The molecular weight excluding hydrogens is 266 g/mol. The number of imidazole rings is 1. The van der Waals surface area contributed by atoms with E-state index in [4.69, 9.17) is 0 Å². The maximum Gasteiger partial charge on any atom is 0.325 e. The molecule has 0 bridgehead atoms. The maximum absolute atomic E-state index is 12.4. The van der Waals surface area contributed by atoms with Crippen LogP contribution in [0.4, 0.5) is 0 Å². The van der Waals surface area contributed by atoms with E-state index in [1.54, 1.807) is 4.57 Å². The molecule has 1 rings (SSSR count). The number of aromatic nitrogens is 2. The molecular formula is C16H29N3O2. The summed E-state index contributed by atoms with van der Waals surface area (Å²) in [5, 5.41) is 0. The molecule has 1 heterocycles. The molecule has 0 fully saturated rings. The van der Waals surface area contributed by atoms with Gasteiger partial charge in [0.2, 0.25) is 5.91 Å². The van der Waals surface area contributed by atoms with Crippen molar-refractivity contribution >= 4 is 5.91 Å². The number of rotatable bonds is 7. The van der Waals surface area contributed by atoms with E-state index in [1.807, 2.05) is 18.7 Å². The van der Waals surface area contributed by atoms with Gasteiger partial charge in [-0.15, -0.1) is 0 Å². The van der Waals surface area contributed by atoms with Crippen molar-refractivity contribution in [2.24, 2.45) is 11.8 Å². The molecule has 21 heavy (non-hydrogen) atoms. The van der Waals surface area contributed by atoms with Crippen molar-refractivity contribution in [2.45, 2.75) is 54.5 Å². The average molecular weight is 295 g/mol. The average Bonchev–Trinajstić information content (AvgIpc) is 2.59. The molecule has 0 saturated heterocycles. The van der Waals surface area contributed by atoms with Crippen LogP contribution in [0.5, 0.6) is 0 Å². The first kappa shape index (κ1) is 17.5. The van der Waals surface area contributed by atoms with Crippen molar-refractivity contribution in [1.29, 1.82) is 0 Å². The van der Waals surface area contributed by atoms with Crippen LogP contribution in [0.1, 0.15) is 45.5 Å². The van der Waals surface area contributed by atoms with E-state index in [2.05, 4.69) is 32.7 Å². The zero-order valence-corrected chi connectivity index (χ0v) is 14.2. The predicted octanol–water partition coefficient (Wildman–Crippen LogP) is 2.32. The van der Waals surface area contributed by atoms with Gasteiger partial charge in [-0.3, -0.25) is 9.36 Å². The summed E-state index contributed by atoms with van der Waals surface area (Å²) in [6.07, 6.45) is 0.372. The zero-order valence-electron chi connectivity index (χ0n) is 14.2. The van der Waals surface area contributed by atoms with Crippen LogP contribution in [0.15, 0.2) is 4.79 Å². The van der Waals surface area contributed by atoms with E-state index in [0.717, 1.165) is 24.5 Å². The Labute approximate surface area is 127 Å². The monoisotopic (exact) mass is 295 g/mol. The van der Waals surface area contributed by atoms with Crippen molar-refractivity contribution in [1.82, 2.24) is 14.5 Å². The molecule has 0 aliphatic heterocycles. The number of amides is 1. The van der Waals surface area contributed by atoms with E-state index in [1.165, 1.54) is 0 Å². The maximum atomic E-state index is 12.4. The lowest BCUT2D eigenvalue weighted by molar-refractivity contribution is -0.132. The molecule has 1 aromatic rings. The fourth-order valence-electron chi connectivity index (χ4n) is 2.47. The number of aryl methyl sites for hydroxylation is 1. The van der Waals surface area contributed by atoms with Gasteiger partial charge >= 0.3 is 5.69 Å². The van der Waals surface area contributed by atoms with Crippen LogP contribution in [0.3, 0.4) is 0 Å². The van der Waals surface area contributed by atoms with Crippen LogP contribution in [0.25, 0.3) is 0 Å². The van der Waals surface area contributed by atoms with Crippen LogP contribution in [-0.4, -0.2) is 33.4 Å². The van der Waals surface area contributed by atoms with Gasteiger partial charge in [0.05, 0.1) is 0 Å². The molecule has 1 N–H and O–H groups in total. The fourth-order valence-corrected chi connectivity index (χ4v) is 2.47. The van der Waals surface area contributed by atoms with E-state index >= 15 is 0 Å². The molecule has 0 spiro atoms. The number of carbonyl (C=O) groups excluding carboxylic acids is 1.